The van der Waals surface area contributed by atoms with Crippen molar-refractivity contribution in [2.75, 3.05) is 13.2 Å². The van der Waals surface area contributed by atoms with Gasteiger partial charge >= 0.3 is 5.97 Å². The van der Waals surface area contributed by atoms with E-state index in [1.807, 2.05) is 45.9 Å². The molecule has 0 aliphatic heterocycles. The van der Waals surface area contributed by atoms with Crippen LogP contribution in [0.3, 0.4) is 0 Å². The van der Waals surface area contributed by atoms with E-state index >= 15 is 0 Å². The fraction of sp³-hybridized carbons (Fsp3) is 0.259. The number of benzene rings is 3. The van der Waals surface area contributed by atoms with Gasteiger partial charge in [-0.3, -0.25) is 4.79 Å². The van der Waals surface area contributed by atoms with E-state index in [4.69, 9.17) is 9.57 Å². The molecule has 0 atom stereocenters. The van der Waals surface area contributed by atoms with Crippen LogP contribution in [0.5, 0.6) is 0 Å². The summed E-state index contributed by atoms with van der Waals surface area (Å²) in [5.74, 6) is -0.529. The summed E-state index contributed by atoms with van der Waals surface area (Å²) in [6, 6.07) is 19.7. The van der Waals surface area contributed by atoms with Crippen LogP contribution in [0.15, 0.2) is 66.7 Å². The van der Waals surface area contributed by atoms with E-state index in [1.165, 1.54) is 0 Å². The van der Waals surface area contributed by atoms with Gasteiger partial charge in [-0.2, -0.15) is 5.48 Å². The van der Waals surface area contributed by atoms with Crippen LogP contribution >= 0.6 is 7.14 Å². The molecule has 0 unspecified atom stereocenters. The number of aryl methyl sites for hydroxylation is 2. The number of carbonyl (C=O) groups is 2. The van der Waals surface area contributed by atoms with E-state index in [0.29, 0.717) is 28.3 Å². The first kappa shape index (κ1) is 25.6. The molecule has 6 nitrogen and oxygen atoms in total. The Morgan fingerprint density at radius 1 is 0.882 bits per heavy atom. The minimum atomic E-state index is -3.64. The predicted molar refractivity (Wildman–Crippen MR) is 134 cm³/mol. The fourth-order valence-electron chi connectivity index (χ4n) is 4.01. The van der Waals surface area contributed by atoms with Crippen molar-refractivity contribution in [2.45, 2.75) is 34.3 Å². The Kier molecular flexibility index (Phi) is 8.56. The van der Waals surface area contributed by atoms with Crippen molar-refractivity contribution in [2.24, 2.45) is 0 Å². The molecule has 0 saturated heterocycles. The van der Waals surface area contributed by atoms with Crippen LogP contribution in [0.1, 0.15) is 39.5 Å². The molecule has 0 aliphatic carbocycles. The van der Waals surface area contributed by atoms with E-state index in [-0.39, 0.29) is 13.2 Å². The summed E-state index contributed by atoms with van der Waals surface area (Å²) in [7, 11) is -3.64. The molecule has 3 aromatic rings. The van der Waals surface area contributed by atoms with Crippen LogP contribution < -0.4 is 16.1 Å². The van der Waals surface area contributed by atoms with Gasteiger partial charge in [-0.25, -0.2) is 4.79 Å². The number of hydroxylamine groups is 1. The van der Waals surface area contributed by atoms with E-state index < -0.39 is 18.6 Å². The quantitative estimate of drug-likeness (QED) is 0.344. The highest BCUT2D eigenvalue weighted by molar-refractivity contribution is 7.93. The van der Waals surface area contributed by atoms with Gasteiger partial charge in [0.1, 0.15) is 6.61 Å². The number of ether oxygens (including phenoxy) is 1. The lowest BCUT2D eigenvalue weighted by atomic mass is 9.94. The summed E-state index contributed by atoms with van der Waals surface area (Å²) in [6.45, 7) is 7.83. The van der Waals surface area contributed by atoms with Crippen LogP contribution in [0.2, 0.25) is 0 Å². The van der Waals surface area contributed by atoms with Gasteiger partial charge in [0, 0.05) is 22.7 Å². The van der Waals surface area contributed by atoms with Crippen molar-refractivity contribution in [1.29, 1.82) is 0 Å². The van der Waals surface area contributed by atoms with Crippen molar-refractivity contribution in [3.63, 3.8) is 0 Å². The molecule has 0 aliphatic rings. The topological polar surface area (TPSA) is 81.7 Å². The summed E-state index contributed by atoms with van der Waals surface area (Å²) in [6.07, 6.45) is 0. The lowest BCUT2D eigenvalue weighted by Gasteiger charge is -2.22. The molecule has 3 aromatic carbocycles. The first-order valence-electron chi connectivity index (χ1n) is 11.2. The maximum atomic E-state index is 14.6. The standard InChI is InChI=1S/C27H30NO5P/c1-5-28-33-25(29)18-32-17-24-19(2)16-20(3)26(21(24)4)27(30)34(31,22-12-8-6-9-13-22)23-14-10-7-11-15-23/h6-16,28H,5,17-18H2,1-4H3. The summed E-state index contributed by atoms with van der Waals surface area (Å²) in [4.78, 5) is 30.6. The molecule has 0 aromatic heterocycles. The highest BCUT2D eigenvalue weighted by atomic mass is 31.2. The van der Waals surface area contributed by atoms with E-state index in [9.17, 15) is 14.2 Å². The van der Waals surface area contributed by atoms with E-state index in [2.05, 4.69) is 5.48 Å². The average Bonchev–Trinajstić information content (AvgIpc) is 2.85. The van der Waals surface area contributed by atoms with Crippen molar-refractivity contribution in [1.82, 2.24) is 5.48 Å². The zero-order chi connectivity index (χ0) is 24.7. The average molecular weight is 480 g/mol. The number of nitrogens with one attached hydrogen (secondary N) is 1. The molecule has 0 heterocycles. The van der Waals surface area contributed by atoms with Gasteiger partial charge in [0.25, 0.3) is 0 Å². The largest absolute Gasteiger partial charge is 0.369 e. The SMILES string of the molecule is CCNOC(=O)COCc1c(C)cc(C)c(C(=O)P(=O)(c2ccccc2)c2ccccc2)c1C. The molecule has 0 saturated carbocycles. The Morgan fingerprint density at radius 3 is 1.97 bits per heavy atom. The van der Waals surface area contributed by atoms with Crippen LogP contribution in [-0.2, 0) is 25.5 Å². The predicted octanol–water partition coefficient (Wildman–Crippen LogP) is 4.35. The third-order valence-electron chi connectivity index (χ3n) is 5.67. The number of carbonyl (C=O) groups excluding carboxylic acids is 2. The lowest BCUT2D eigenvalue weighted by molar-refractivity contribution is -0.156. The molecule has 0 amide bonds. The number of hydrogen-bond acceptors (Lipinski definition) is 6. The minimum Gasteiger partial charge on any atom is -0.369 e. The molecule has 0 fully saturated rings. The Bertz CT molecular complexity index is 1170. The third kappa shape index (κ3) is 5.36. The van der Waals surface area contributed by atoms with Crippen LogP contribution in [0.4, 0.5) is 0 Å². The van der Waals surface area contributed by atoms with Crippen molar-refractivity contribution >= 4 is 29.2 Å². The van der Waals surface area contributed by atoms with Gasteiger partial charge in [0.05, 0.1) is 6.61 Å². The monoisotopic (exact) mass is 479 g/mol. The summed E-state index contributed by atoms with van der Waals surface area (Å²) >= 11 is 0. The van der Waals surface area contributed by atoms with E-state index in [1.54, 1.807) is 48.5 Å². The molecule has 1 N–H and O–H groups in total. The van der Waals surface area contributed by atoms with Crippen molar-refractivity contribution in [3.05, 3.63) is 94.5 Å². The summed E-state index contributed by atoms with van der Waals surface area (Å²) in [5.41, 5.74) is 5.69. The molecule has 7 heteroatoms. The Hall–Kier alpha value is -3.05. The van der Waals surface area contributed by atoms with Crippen molar-refractivity contribution in [3.8, 4) is 0 Å². The number of hydrogen-bond donors (Lipinski definition) is 1. The highest BCUT2D eigenvalue weighted by Gasteiger charge is 2.38. The second-order valence-corrected chi connectivity index (χ2v) is 10.7. The van der Waals surface area contributed by atoms with Crippen LogP contribution in [-0.4, -0.2) is 24.6 Å². The van der Waals surface area contributed by atoms with Crippen LogP contribution in [0, 0.1) is 20.8 Å². The second kappa shape index (κ2) is 11.4. The summed E-state index contributed by atoms with van der Waals surface area (Å²) in [5, 5.41) is 0.990. The van der Waals surface area contributed by atoms with Crippen molar-refractivity contribution < 1.29 is 23.7 Å². The van der Waals surface area contributed by atoms with Gasteiger partial charge in [-0.15, -0.1) is 0 Å². The molecular weight excluding hydrogens is 449 g/mol. The van der Waals surface area contributed by atoms with Gasteiger partial charge in [0.15, 0.2) is 0 Å². The molecule has 178 valence electrons. The normalized spacial score (nSPS) is 11.3. The van der Waals surface area contributed by atoms with E-state index in [0.717, 1.165) is 16.7 Å². The first-order valence-corrected chi connectivity index (χ1v) is 12.9. The smallest absolute Gasteiger partial charge is 0.350 e. The molecular formula is C27H30NO5P. The minimum absolute atomic E-state index is 0.125. The van der Waals surface area contributed by atoms with Gasteiger partial charge in [0.2, 0.25) is 12.7 Å². The maximum Gasteiger partial charge on any atom is 0.350 e. The Balaban J connectivity index is 2.02. The molecule has 0 bridgehead atoms. The number of rotatable bonds is 10. The maximum absolute atomic E-state index is 14.6. The second-order valence-electron chi connectivity index (χ2n) is 8.04. The molecule has 3 rings (SSSR count). The van der Waals surface area contributed by atoms with Gasteiger partial charge < -0.3 is 14.1 Å². The van der Waals surface area contributed by atoms with Gasteiger partial charge in [-0.1, -0.05) is 66.7 Å². The third-order valence-corrected chi connectivity index (χ3v) is 8.51. The Labute approximate surface area is 200 Å². The molecule has 34 heavy (non-hydrogen) atoms. The fourth-order valence-corrected chi connectivity index (χ4v) is 6.62. The van der Waals surface area contributed by atoms with Crippen LogP contribution in [0.25, 0.3) is 0 Å². The zero-order valence-electron chi connectivity index (χ0n) is 20.0. The Morgan fingerprint density at radius 2 is 1.44 bits per heavy atom. The lowest BCUT2D eigenvalue weighted by Crippen LogP contribution is -2.24. The van der Waals surface area contributed by atoms with Gasteiger partial charge in [-0.05, 0) is 49.9 Å². The highest BCUT2D eigenvalue weighted by Crippen LogP contribution is 2.48. The zero-order valence-corrected chi connectivity index (χ0v) is 20.9. The first-order chi connectivity index (χ1) is 16.3. The molecule has 0 radical (unpaired) electrons. The summed E-state index contributed by atoms with van der Waals surface area (Å²) < 4.78 is 20.1. The molecule has 0 spiro atoms.